The SMILES string of the molecule is CCN(CC(=O)OC)C(=O)c1cc(C)nc2onc(C)c12. The second-order valence-electron chi connectivity index (χ2n) is 4.65. The number of pyridine rings is 1. The van der Waals surface area contributed by atoms with Gasteiger partial charge in [-0.3, -0.25) is 9.59 Å². The van der Waals surface area contributed by atoms with Crippen LogP contribution in [-0.2, 0) is 9.53 Å². The number of nitrogens with zero attached hydrogens (tertiary/aromatic N) is 3. The van der Waals surface area contributed by atoms with E-state index in [1.807, 2.05) is 0 Å². The Bertz CT molecular complexity index is 693. The lowest BCUT2D eigenvalue weighted by Crippen LogP contribution is -2.36. The highest BCUT2D eigenvalue weighted by Gasteiger charge is 2.23. The van der Waals surface area contributed by atoms with Crippen molar-refractivity contribution in [1.82, 2.24) is 15.0 Å². The summed E-state index contributed by atoms with van der Waals surface area (Å²) in [6, 6.07) is 1.68. The smallest absolute Gasteiger partial charge is 0.325 e. The summed E-state index contributed by atoms with van der Waals surface area (Å²) in [4.78, 5) is 29.7. The molecule has 0 spiro atoms. The molecule has 0 unspecified atom stereocenters. The van der Waals surface area contributed by atoms with Gasteiger partial charge >= 0.3 is 5.97 Å². The van der Waals surface area contributed by atoms with Crippen molar-refractivity contribution in [3.05, 3.63) is 23.0 Å². The van der Waals surface area contributed by atoms with E-state index >= 15 is 0 Å². The Morgan fingerprint density at radius 1 is 1.38 bits per heavy atom. The average Bonchev–Trinajstić information content (AvgIpc) is 2.84. The second-order valence-corrected chi connectivity index (χ2v) is 4.65. The van der Waals surface area contributed by atoms with Crippen LogP contribution in [-0.4, -0.2) is 47.1 Å². The molecule has 2 rings (SSSR count). The van der Waals surface area contributed by atoms with Crippen LogP contribution in [0.1, 0.15) is 28.7 Å². The van der Waals surface area contributed by atoms with Gasteiger partial charge in [-0.1, -0.05) is 5.16 Å². The monoisotopic (exact) mass is 291 g/mol. The Morgan fingerprint density at radius 3 is 2.71 bits per heavy atom. The summed E-state index contributed by atoms with van der Waals surface area (Å²) >= 11 is 0. The van der Waals surface area contributed by atoms with Gasteiger partial charge in [-0.2, -0.15) is 0 Å². The zero-order valence-corrected chi connectivity index (χ0v) is 12.5. The number of esters is 1. The summed E-state index contributed by atoms with van der Waals surface area (Å²) in [6.45, 7) is 5.60. The van der Waals surface area contributed by atoms with Crippen molar-refractivity contribution in [2.24, 2.45) is 0 Å². The number of ether oxygens (including phenoxy) is 1. The number of carbonyl (C=O) groups excluding carboxylic acids is 2. The number of aromatic nitrogens is 2. The Labute approximate surface area is 121 Å². The average molecular weight is 291 g/mol. The molecule has 2 heterocycles. The van der Waals surface area contributed by atoms with Crippen molar-refractivity contribution in [1.29, 1.82) is 0 Å². The molecule has 0 saturated carbocycles. The maximum Gasteiger partial charge on any atom is 0.325 e. The Balaban J connectivity index is 2.46. The van der Waals surface area contributed by atoms with E-state index in [4.69, 9.17) is 4.52 Å². The largest absolute Gasteiger partial charge is 0.468 e. The van der Waals surface area contributed by atoms with E-state index in [1.54, 1.807) is 26.8 Å². The molecule has 0 N–H and O–H groups in total. The van der Waals surface area contributed by atoms with Gasteiger partial charge in [-0.15, -0.1) is 0 Å². The van der Waals surface area contributed by atoms with Gasteiger partial charge in [0, 0.05) is 12.2 Å². The fourth-order valence-electron chi connectivity index (χ4n) is 2.10. The first-order valence-electron chi connectivity index (χ1n) is 6.57. The third kappa shape index (κ3) is 2.86. The molecular weight excluding hydrogens is 274 g/mol. The third-order valence-corrected chi connectivity index (χ3v) is 3.19. The zero-order chi connectivity index (χ0) is 15.6. The van der Waals surface area contributed by atoms with Gasteiger partial charge in [-0.05, 0) is 26.8 Å². The van der Waals surface area contributed by atoms with Gasteiger partial charge < -0.3 is 14.2 Å². The van der Waals surface area contributed by atoms with Gasteiger partial charge in [0.2, 0.25) is 0 Å². The van der Waals surface area contributed by atoms with Crippen LogP contribution in [0.4, 0.5) is 0 Å². The number of aryl methyl sites for hydroxylation is 2. The van der Waals surface area contributed by atoms with Crippen molar-refractivity contribution >= 4 is 23.0 Å². The van der Waals surface area contributed by atoms with Gasteiger partial charge in [0.05, 0.1) is 23.8 Å². The molecule has 2 aromatic heterocycles. The maximum absolute atomic E-state index is 12.7. The first-order chi connectivity index (χ1) is 9.97. The first kappa shape index (κ1) is 15.0. The number of carbonyl (C=O) groups is 2. The summed E-state index contributed by atoms with van der Waals surface area (Å²) in [5.74, 6) is -0.737. The predicted molar refractivity (Wildman–Crippen MR) is 74.9 cm³/mol. The second kappa shape index (κ2) is 5.90. The maximum atomic E-state index is 12.7. The van der Waals surface area contributed by atoms with Crippen LogP contribution in [0.25, 0.3) is 11.1 Å². The molecule has 2 aromatic rings. The fraction of sp³-hybridized carbons (Fsp3) is 0.429. The minimum atomic E-state index is -0.464. The molecule has 0 saturated heterocycles. The van der Waals surface area contributed by atoms with Crippen molar-refractivity contribution < 1.29 is 18.8 Å². The molecule has 0 aliphatic heterocycles. The van der Waals surface area contributed by atoms with Gasteiger partial charge in [-0.25, -0.2) is 4.98 Å². The van der Waals surface area contributed by atoms with Crippen molar-refractivity contribution in [2.75, 3.05) is 20.2 Å². The minimum Gasteiger partial charge on any atom is -0.468 e. The topological polar surface area (TPSA) is 85.5 Å². The Kier molecular flexibility index (Phi) is 4.21. The van der Waals surface area contributed by atoms with E-state index in [-0.39, 0.29) is 12.5 Å². The molecule has 0 aliphatic carbocycles. The van der Waals surface area contributed by atoms with E-state index in [9.17, 15) is 9.59 Å². The van der Waals surface area contributed by atoms with Crippen molar-refractivity contribution in [2.45, 2.75) is 20.8 Å². The quantitative estimate of drug-likeness (QED) is 0.793. The minimum absolute atomic E-state index is 0.0982. The molecule has 0 radical (unpaired) electrons. The molecule has 112 valence electrons. The zero-order valence-electron chi connectivity index (χ0n) is 12.5. The fourth-order valence-corrected chi connectivity index (χ4v) is 2.10. The highest BCUT2D eigenvalue weighted by molar-refractivity contribution is 6.06. The molecule has 0 bridgehead atoms. The molecule has 0 atom stereocenters. The van der Waals surface area contributed by atoms with E-state index in [0.29, 0.717) is 34.6 Å². The summed E-state index contributed by atoms with van der Waals surface area (Å²) in [5, 5.41) is 4.42. The third-order valence-electron chi connectivity index (χ3n) is 3.19. The number of rotatable bonds is 4. The number of amides is 1. The molecule has 0 fully saturated rings. The number of likely N-dealkylation sites (N-methyl/N-ethyl adjacent to an activating group) is 1. The van der Waals surface area contributed by atoms with Crippen LogP contribution in [0.15, 0.2) is 10.6 Å². The van der Waals surface area contributed by atoms with Crippen LogP contribution in [0, 0.1) is 13.8 Å². The number of fused-ring (bicyclic) bond motifs is 1. The highest BCUT2D eigenvalue weighted by Crippen LogP contribution is 2.23. The van der Waals surface area contributed by atoms with E-state index in [1.165, 1.54) is 12.0 Å². The van der Waals surface area contributed by atoms with Gasteiger partial charge in [0.15, 0.2) is 0 Å². The summed E-state index contributed by atoms with van der Waals surface area (Å²) in [6.07, 6.45) is 0. The lowest BCUT2D eigenvalue weighted by atomic mass is 10.1. The number of hydrogen-bond acceptors (Lipinski definition) is 6. The van der Waals surface area contributed by atoms with Crippen LogP contribution in [0.2, 0.25) is 0 Å². The van der Waals surface area contributed by atoms with E-state index in [2.05, 4.69) is 14.9 Å². The molecule has 0 aromatic carbocycles. The summed E-state index contributed by atoms with van der Waals surface area (Å²) < 4.78 is 9.72. The van der Waals surface area contributed by atoms with Crippen LogP contribution in [0.5, 0.6) is 0 Å². The first-order valence-corrected chi connectivity index (χ1v) is 6.57. The molecule has 7 heteroatoms. The molecule has 1 amide bonds. The van der Waals surface area contributed by atoms with Gasteiger partial charge in [0.25, 0.3) is 11.6 Å². The van der Waals surface area contributed by atoms with Crippen LogP contribution in [0.3, 0.4) is 0 Å². The lowest BCUT2D eigenvalue weighted by molar-refractivity contribution is -0.141. The Morgan fingerprint density at radius 2 is 2.10 bits per heavy atom. The van der Waals surface area contributed by atoms with E-state index in [0.717, 1.165) is 0 Å². The predicted octanol–water partition coefficient (Wildman–Crippen LogP) is 1.47. The normalized spacial score (nSPS) is 10.7. The van der Waals surface area contributed by atoms with E-state index < -0.39 is 5.97 Å². The summed E-state index contributed by atoms with van der Waals surface area (Å²) in [5.41, 5.74) is 2.00. The number of methoxy groups -OCH3 is 1. The van der Waals surface area contributed by atoms with Crippen LogP contribution < -0.4 is 0 Å². The molecular formula is C14H17N3O4. The molecule has 21 heavy (non-hydrogen) atoms. The highest BCUT2D eigenvalue weighted by atomic mass is 16.5. The lowest BCUT2D eigenvalue weighted by Gasteiger charge is -2.19. The Hall–Kier alpha value is -2.44. The van der Waals surface area contributed by atoms with Crippen LogP contribution >= 0.6 is 0 Å². The van der Waals surface area contributed by atoms with Crippen molar-refractivity contribution in [3.63, 3.8) is 0 Å². The summed E-state index contributed by atoms with van der Waals surface area (Å²) in [7, 11) is 1.29. The van der Waals surface area contributed by atoms with Crippen molar-refractivity contribution in [3.8, 4) is 0 Å². The molecule has 7 nitrogen and oxygen atoms in total. The molecule has 0 aliphatic rings. The van der Waals surface area contributed by atoms with Gasteiger partial charge in [0.1, 0.15) is 6.54 Å². The standard InChI is InChI=1S/C14H17N3O4/c1-5-17(7-11(18)20-4)14(19)10-6-8(2)15-13-12(10)9(3)16-21-13/h6H,5,7H2,1-4H3. The number of hydrogen-bond donors (Lipinski definition) is 0.